The number of aryl methyl sites for hydroxylation is 2. The van der Waals surface area contributed by atoms with Crippen LogP contribution in [-0.2, 0) is 12.8 Å². The number of halogens is 3. The van der Waals surface area contributed by atoms with Crippen LogP contribution in [0.3, 0.4) is 0 Å². The highest BCUT2D eigenvalue weighted by Gasteiger charge is 2.27. The summed E-state index contributed by atoms with van der Waals surface area (Å²) in [5.41, 5.74) is 2.93. The molecule has 0 spiro atoms. The van der Waals surface area contributed by atoms with Gasteiger partial charge in [-0.25, -0.2) is 4.79 Å². The molecule has 0 saturated carbocycles. The van der Waals surface area contributed by atoms with Gasteiger partial charge in [0, 0.05) is 5.69 Å². The molecule has 0 unspecified atom stereocenters. The van der Waals surface area contributed by atoms with E-state index in [9.17, 15) is 18.0 Å². The minimum atomic E-state index is -4.39. The molecule has 0 heterocycles. The van der Waals surface area contributed by atoms with Gasteiger partial charge in [-0.1, -0.05) is 6.07 Å². The number of benzene rings is 1. The van der Waals surface area contributed by atoms with Crippen LogP contribution in [0.15, 0.2) is 18.2 Å². The fourth-order valence-corrected chi connectivity index (χ4v) is 2.01. The zero-order chi connectivity index (χ0) is 13.2. The first kappa shape index (κ1) is 12.7. The molecular formula is C12H13F3N2O. The highest BCUT2D eigenvalue weighted by Crippen LogP contribution is 2.24. The molecule has 0 aliphatic heterocycles. The number of nitrogens with one attached hydrogen (secondary N) is 2. The van der Waals surface area contributed by atoms with Crippen molar-refractivity contribution in [1.29, 1.82) is 0 Å². The number of carbonyl (C=O) groups excluding carboxylic acids is 1. The van der Waals surface area contributed by atoms with Gasteiger partial charge in [0.1, 0.15) is 6.54 Å². The first-order chi connectivity index (χ1) is 8.44. The van der Waals surface area contributed by atoms with Gasteiger partial charge in [0.05, 0.1) is 0 Å². The van der Waals surface area contributed by atoms with Gasteiger partial charge >= 0.3 is 12.2 Å². The van der Waals surface area contributed by atoms with Crippen LogP contribution in [0.1, 0.15) is 17.5 Å². The maximum atomic E-state index is 11.9. The minimum absolute atomic E-state index is 0.523. The third kappa shape index (κ3) is 3.38. The Bertz CT molecular complexity index is 457. The van der Waals surface area contributed by atoms with Crippen LogP contribution in [0, 0.1) is 0 Å². The summed E-state index contributed by atoms with van der Waals surface area (Å²) >= 11 is 0. The van der Waals surface area contributed by atoms with Gasteiger partial charge in [-0.15, -0.1) is 0 Å². The minimum Gasteiger partial charge on any atom is -0.329 e. The summed E-state index contributed by atoms with van der Waals surface area (Å²) in [7, 11) is 0. The van der Waals surface area contributed by atoms with Crippen LogP contribution in [-0.4, -0.2) is 18.8 Å². The molecule has 0 saturated heterocycles. The number of rotatable bonds is 2. The number of fused-ring (bicyclic) bond motifs is 1. The molecule has 0 atom stereocenters. The molecule has 3 nitrogen and oxygen atoms in total. The Labute approximate surface area is 102 Å². The molecule has 98 valence electrons. The third-order valence-corrected chi connectivity index (χ3v) is 2.81. The van der Waals surface area contributed by atoms with Gasteiger partial charge in [-0.3, -0.25) is 0 Å². The average Bonchev–Trinajstić information content (AvgIpc) is 2.72. The van der Waals surface area contributed by atoms with Crippen LogP contribution in [0.4, 0.5) is 23.7 Å². The Morgan fingerprint density at radius 1 is 1.22 bits per heavy atom. The molecule has 2 rings (SSSR count). The summed E-state index contributed by atoms with van der Waals surface area (Å²) in [6, 6.07) is 4.58. The smallest absolute Gasteiger partial charge is 0.329 e. The van der Waals surface area contributed by atoms with E-state index in [0.717, 1.165) is 24.8 Å². The van der Waals surface area contributed by atoms with Crippen molar-refractivity contribution >= 4 is 11.7 Å². The maximum Gasteiger partial charge on any atom is 0.405 e. The normalized spacial score (nSPS) is 14.2. The van der Waals surface area contributed by atoms with Crippen LogP contribution in [0.5, 0.6) is 0 Å². The number of alkyl halides is 3. The SMILES string of the molecule is O=C(NCC(F)(F)F)Nc1ccc2c(c1)CCC2. The second-order valence-corrected chi connectivity index (χ2v) is 4.26. The lowest BCUT2D eigenvalue weighted by atomic mass is 10.1. The van der Waals surface area contributed by atoms with Gasteiger partial charge in [-0.2, -0.15) is 13.2 Å². The van der Waals surface area contributed by atoms with Crippen molar-refractivity contribution in [2.45, 2.75) is 25.4 Å². The molecule has 1 aromatic rings. The van der Waals surface area contributed by atoms with E-state index >= 15 is 0 Å². The molecular weight excluding hydrogens is 245 g/mol. The molecule has 1 aliphatic rings. The summed E-state index contributed by atoms with van der Waals surface area (Å²) in [6.45, 7) is -1.33. The van der Waals surface area contributed by atoms with Crippen molar-refractivity contribution in [3.8, 4) is 0 Å². The predicted octanol–water partition coefficient (Wildman–Crippen LogP) is 2.86. The summed E-state index contributed by atoms with van der Waals surface area (Å²) in [5.74, 6) is 0. The topological polar surface area (TPSA) is 41.1 Å². The van der Waals surface area contributed by atoms with Crippen LogP contribution >= 0.6 is 0 Å². The Balaban J connectivity index is 1.91. The summed E-state index contributed by atoms with van der Waals surface area (Å²) in [4.78, 5) is 11.2. The molecule has 1 aromatic carbocycles. The molecule has 2 amide bonds. The van der Waals surface area contributed by atoms with Gasteiger partial charge in [-0.05, 0) is 42.5 Å². The maximum absolute atomic E-state index is 11.9. The molecule has 0 radical (unpaired) electrons. The summed E-state index contributed by atoms with van der Waals surface area (Å²) < 4.78 is 35.7. The van der Waals surface area contributed by atoms with Crippen LogP contribution < -0.4 is 10.6 Å². The molecule has 2 N–H and O–H groups in total. The van der Waals surface area contributed by atoms with Crippen molar-refractivity contribution in [2.75, 3.05) is 11.9 Å². The number of anilines is 1. The van der Waals surface area contributed by atoms with Gasteiger partial charge in [0.2, 0.25) is 0 Å². The lowest BCUT2D eigenvalue weighted by Crippen LogP contribution is -2.36. The molecule has 0 bridgehead atoms. The van der Waals surface area contributed by atoms with E-state index < -0.39 is 18.8 Å². The van der Waals surface area contributed by atoms with Crippen LogP contribution in [0.25, 0.3) is 0 Å². The molecule has 0 aromatic heterocycles. The van der Waals surface area contributed by atoms with Crippen molar-refractivity contribution in [2.24, 2.45) is 0 Å². The molecule has 6 heteroatoms. The number of amides is 2. The lowest BCUT2D eigenvalue weighted by molar-refractivity contribution is -0.122. The van der Waals surface area contributed by atoms with E-state index in [1.54, 1.807) is 11.4 Å². The first-order valence-corrected chi connectivity index (χ1v) is 5.67. The Morgan fingerprint density at radius 2 is 1.94 bits per heavy atom. The van der Waals surface area contributed by atoms with E-state index in [2.05, 4.69) is 5.32 Å². The first-order valence-electron chi connectivity index (χ1n) is 5.67. The van der Waals surface area contributed by atoms with E-state index in [0.29, 0.717) is 5.69 Å². The number of hydrogen-bond donors (Lipinski definition) is 2. The fraction of sp³-hybridized carbons (Fsp3) is 0.417. The van der Waals surface area contributed by atoms with Crippen molar-refractivity contribution in [3.05, 3.63) is 29.3 Å². The van der Waals surface area contributed by atoms with Gasteiger partial charge in [0.15, 0.2) is 0 Å². The van der Waals surface area contributed by atoms with E-state index in [-0.39, 0.29) is 0 Å². The van der Waals surface area contributed by atoms with Gasteiger partial charge in [0.25, 0.3) is 0 Å². The van der Waals surface area contributed by atoms with Crippen molar-refractivity contribution in [3.63, 3.8) is 0 Å². The van der Waals surface area contributed by atoms with Crippen molar-refractivity contribution in [1.82, 2.24) is 5.32 Å². The highest BCUT2D eigenvalue weighted by atomic mass is 19.4. The molecule has 1 aliphatic carbocycles. The van der Waals surface area contributed by atoms with E-state index in [4.69, 9.17) is 0 Å². The monoisotopic (exact) mass is 258 g/mol. The molecule has 0 fully saturated rings. The van der Waals surface area contributed by atoms with E-state index in [1.807, 2.05) is 12.1 Å². The second kappa shape index (κ2) is 4.88. The van der Waals surface area contributed by atoms with E-state index in [1.165, 1.54) is 5.56 Å². The number of hydrogen-bond acceptors (Lipinski definition) is 1. The fourth-order valence-electron chi connectivity index (χ4n) is 2.01. The quantitative estimate of drug-likeness (QED) is 0.841. The molecule has 18 heavy (non-hydrogen) atoms. The Kier molecular flexibility index (Phi) is 3.45. The Hall–Kier alpha value is -1.72. The zero-order valence-electron chi connectivity index (χ0n) is 9.60. The lowest BCUT2D eigenvalue weighted by Gasteiger charge is -2.10. The summed E-state index contributed by atoms with van der Waals surface area (Å²) in [5, 5.41) is 4.16. The second-order valence-electron chi connectivity index (χ2n) is 4.26. The zero-order valence-corrected chi connectivity index (χ0v) is 9.60. The van der Waals surface area contributed by atoms with Crippen molar-refractivity contribution < 1.29 is 18.0 Å². The number of urea groups is 1. The van der Waals surface area contributed by atoms with Gasteiger partial charge < -0.3 is 10.6 Å². The highest BCUT2D eigenvalue weighted by molar-refractivity contribution is 5.89. The third-order valence-electron chi connectivity index (χ3n) is 2.81. The average molecular weight is 258 g/mol. The standard InChI is InChI=1S/C12H13F3N2O/c13-12(14,15)7-16-11(18)17-10-5-4-8-2-1-3-9(8)6-10/h4-6H,1-3,7H2,(H2,16,17,18). The number of carbonyl (C=O) groups is 1. The Morgan fingerprint density at radius 3 is 2.67 bits per heavy atom. The summed E-state index contributed by atoms with van der Waals surface area (Å²) in [6.07, 6.45) is -1.33. The predicted molar refractivity (Wildman–Crippen MR) is 61.5 cm³/mol. The van der Waals surface area contributed by atoms with Crippen LogP contribution in [0.2, 0.25) is 0 Å². The largest absolute Gasteiger partial charge is 0.405 e.